The van der Waals surface area contributed by atoms with Crippen LogP contribution in [0.4, 0.5) is 0 Å². The van der Waals surface area contributed by atoms with Crippen molar-refractivity contribution >= 4 is 10.9 Å². The number of rotatable bonds is 1. The normalized spacial score (nSPS) is 12.3. The van der Waals surface area contributed by atoms with E-state index in [0.29, 0.717) is 0 Å². The van der Waals surface area contributed by atoms with Crippen LogP contribution in [0, 0.1) is 13.5 Å². The highest BCUT2D eigenvalue weighted by molar-refractivity contribution is 5.83. The number of hydrogen-bond donors (Lipinski definition) is 0. The minimum absolute atomic E-state index is 0.100. The van der Waals surface area contributed by atoms with Crippen LogP contribution in [0.15, 0.2) is 30.3 Å². The number of benzene rings is 1. The molecule has 1 atom stereocenters. The van der Waals surface area contributed by atoms with Crippen LogP contribution in [0.2, 0.25) is 0 Å². The molecule has 2 nitrogen and oxygen atoms in total. The lowest BCUT2D eigenvalue weighted by Crippen LogP contribution is -1.93. The molecule has 1 heterocycles. The van der Waals surface area contributed by atoms with Crippen LogP contribution in [0.3, 0.4) is 0 Å². The summed E-state index contributed by atoms with van der Waals surface area (Å²) in [4.78, 5) is 8.02. The fourth-order valence-electron chi connectivity index (χ4n) is 1.76. The second-order valence-corrected chi connectivity index (χ2v) is 3.68. The molecule has 2 heteroatoms. The number of para-hydroxylation sites is 1. The first-order valence-electron chi connectivity index (χ1n) is 4.95. The third-order valence-corrected chi connectivity index (χ3v) is 2.52. The van der Waals surface area contributed by atoms with Gasteiger partial charge in [0, 0.05) is 23.6 Å². The smallest absolute Gasteiger partial charge is 0.246 e. The fraction of sp³-hybridized carbons (Fsp3) is 0.231. The van der Waals surface area contributed by atoms with Crippen molar-refractivity contribution in [3.63, 3.8) is 0 Å². The summed E-state index contributed by atoms with van der Waals surface area (Å²) < 4.78 is 0. The van der Waals surface area contributed by atoms with E-state index in [-0.39, 0.29) is 6.04 Å². The monoisotopic (exact) mass is 196 g/mol. The number of fused-ring (bicyclic) bond motifs is 1. The van der Waals surface area contributed by atoms with Crippen molar-refractivity contribution in [2.75, 3.05) is 0 Å². The average Bonchev–Trinajstić information content (AvgIpc) is 2.26. The summed E-state index contributed by atoms with van der Waals surface area (Å²) in [6.07, 6.45) is 0. The van der Waals surface area contributed by atoms with E-state index in [4.69, 9.17) is 6.57 Å². The second-order valence-electron chi connectivity index (χ2n) is 3.68. The van der Waals surface area contributed by atoms with E-state index in [1.54, 1.807) is 0 Å². The zero-order valence-electron chi connectivity index (χ0n) is 8.86. The standard InChI is InChI=1S/C13H12N2/c1-9-8-12(10(2)14-3)11-6-4-5-7-13(11)15-9/h4-8,10H,1-2H3. The predicted octanol–water partition coefficient (Wildman–Crippen LogP) is 3.52. The summed E-state index contributed by atoms with van der Waals surface area (Å²) in [5.74, 6) is 0. The van der Waals surface area contributed by atoms with Gasteiger partial charge in [-0.2, -0.15) is 0 Å². The summed E-state index contributed by atoms with van der Waals surface area (Å²) in [6, 6.07) is 9.88. The summed E-state index contributed by atoms with van der Waals surface area (Å²) in [7, 11) is 0. The molecule has 0 aliphatic carbocycles. The molecule has 0 aliphatic rings. The molecule has 2 rings (SSSR count). The molecule has 0 saturated carbocycles. The van der Waals surface area contributed by atoms with E-state index in [1.807, 2.05) is 44.2 Å². The first kappa shape index (κ1) is 9.67. The van der Waals surface area contributed by atoms with E-state index in [1.165, 1.54) is 0 Å². The minimum atomic E-state index is -0.100. The van der Waals surface area contributed by atoms with Gasteiger partial charge in [0.25, 0.3) is 0 Å². The van der Waals surface area contributed by atoms with Gasteiger partial charge in [0.15, 0.2) is 0 Å². The summed E-state index contributed by atoms with van der Waals surface area (Å²) in [5, 5.41) is 1.09. The molecule has 2 aromatic rings. The van der Waals surface area contributed by atoms with E-state index < -0.39 is 0 Å². The molecule has 0 radical (unpaired) electrons. The Kier molecular flexibility index (Phi) is 2.39. The highest BCUT2D eigenvalue weighted by atomic mass is 14.7. The van der Waals surface area contributed by atoms with Crippen molar-refractivity contribution in [2.24, 2.45) is 0 Å². The third kappa shape index (κ3) is 1.69. The van der Waals surface area contributed by atoms with Crippen LogP contribution < -0.4 is 0 Å². The lowest BCUT2D eigenvalue weighted by Gasteiger charge is -2.06. The molecule has 0 spiro atoms. The number of aryl methyl sites for hydroxylation is 1. The van der Waals surface area contributed by atoms with Gasteiger partial charge < -0.3 is 4.85 Å². The van der Waals surface area contributed by atoms with Gasteiger partial charge in [-0.15, -0.1) is 0 Å². The Morgan fingerprint density at radius 3 is 2.80 bits per heavy atom. The number of aromatic nitrogens is 1. The molecule has 0 fully saturated rings. The SMILES string of the molecule is [C-]#[N+]C(C)c1cc(C)nc2ccccc12. The Morgan fingerprint density at radius 1 is 1.33 bits per heavy atom. The van der Waals surface area contributed by atoms with E-state index >= 15 is 0 Å². The quantitative estimate of drug-likeness (QED) is 0.638. The maximum atomic E-state index is 7.10. The second kappa shape index (κ2) is 3.70. The van der Waals surface area contributed by atoms with Crippen molar-refractivity contribution in [3.8, 4) is 0 Å². The highest BCUT2D eigenvalue weighted by Crippen LogP contribution is 2.25. The van der Waals surface area contributed by atoms with E-state index in [0.717, 1.165) is 22.2 Å². The lowest BCUT2D eigenvalue weighted by atomic mass is 10.0. The van der Waals surface area contributed by atoms with Gasteiger partial charge in [0.2, 0.25) is 6.04 Å². The first-order valence-corrected chi connectivity index (χ1v) is 4.95. The molecule has 1 aromatic heterocycles. The average molecular weight is 196 g/mol. The van der Waals surface area contributed by atoms with Gasteiger partial charge in [-0.1, -0.05) is 18.2 Å². The van der Waals surface area contributed by atoms with Gasteiger partial charge in [-0.05, 0) is 19.1 Å². The molecule has 15 heavy (non-hydrogen) atoms. The van der Waals surface area contributed by atoms with Crippen molar-refractivity contribution in [2.45, 2.75) is 19.9 Å². The zero-order chi connectivity index (χ0) is 10.8. The van der Waals surface area contributed by atoms with Gasteiger partial charge in [-0.3, -0.25) is 4.98 Å². The molecular formula is C13H12N2. The molecule has 1 aromatic carbocycles. The van der Waals surface area contributed by atoms with Crippen molar-refractivity contribution < 1.29 is 0 Å². The minimum Gasteiger partial charge on any atom is -0.309 e. The molecular weight excluding hydrogens is 184 g/mol. The first-order chi connectivity index (χ1) is 7.22. The van der Waals surface area contributed by atoms with Crippen LogP contribution in [0.25, 0.3) is 15.7 Å². The number of pyridine rings is 1. The van der Waals surface area contributed by atoms with Crippen molar-refractivity contribution in [3.05, 3.63) is 53.0 Å². The Balaban J connectivity index is 2.78. The molecule has 1 unspecified atom stereocenters. The summed E-state index contributed by atoms with van der Waals surface area (Å²) in [5.41, 5.74) is 3.02. The maximum Gasteiger partial charge on any atom is 0.246 e. The van der Waals surface area contributed by atoms with E-state index in [9.17, 15) is 0 Å². The Labute approximate surface area is 89.4 Å². The molecule has 74 valence electrons. The fourth-order valence-corrected chi connectivity index (χ4v) is 1.76. The maximum absolute atomic E-state index is 7.10. The zero-order valence-corrected chi connectivity index (χ0v) is 8.86. The Bertz CT molecular complexity index is 538. The Hall–Kier alpha value is -1.88. The summed E-state index contributed by atoms with van der Waals surface area (Å²) in [6.45, 7) is 11.0. The number of nitrogens with zero attached hydrogens (tertiary/aromatic N) is 2. The molecule has 0 aliphatic heterocycles. The molecule has 0 bridgehead atoms. The lowest BCUT2D eigenvalue weighted by molar-refractivity contribution is 0.965. The van der Waals surface area contributed by atoms with Gasteiger partial charge in [0.05, 0.1) is 5.52 Å². The molecule has 0 amide bonds. The largest absolute Gasteiger partial charge is 0.309 e. The highest BCUT2D eigenvalue weighted by Gasteiger charge is 2.13. The van der Waals surface area contributed by atoms with Crippen molar-refractivity contribution in [1.29, 1.82) is 0 Å². The van der Waals surface area contributed by atoms with Crippen LogP contribution in [-0.4, -0.2) is 4.98 Å². The van der Waals surface area contributed by atoms with Crippen molar-refractivity contribution in [1.82, 2.24) is 4.98 Å². The van der Waals surface area contributed by atoms with Crippen LogP contribution in [-0.2, 0) is 0 Å². The predicted molar refractivity (Wildman–Crippen MR) is 61.5 cm³/mol. The van der Waals surface area contributed by atoms with Gasteiger partial charge in [0.1, 0.15) is 0 Å². The van der Waals surface area contributed by atoms with E-state index in [2.05, 4.69) is 9.83 Å². The van der Waals surface area contributed by atoms with Crippen LogP contribution >= 0.6 is 0 Å². The Morgan fingerprint density at radius 2 is 2.07 bits per heavy atom. The third-order valence-electron chi connectivity index (χ3n) is 2.52. The topological polar surface area (TPSA) is 17.2 Å². The van der Waals surface area contributed by atoms with Gasteiger partial charge in [-0.25, -0.2) is 6.57 Å². The number of hydrogen-bond acceptors (Lipinski definition) is 1. The summed E-state index contributed by atoms with van der Waals surface area (Å²) >= 11 is 0. The van der Waals surface area contributed by atoms with Crippen LogP contribution in [0.5, 0.6) is 0 Å². The van der Waals surface area contributed by atoms with Crippen LogP contribution in [0.1, 0.15) is 24.2 Å². The molecule has 0 N–H and O–H groups in total. The van der Waals surface area contributed by atoms with Gasteiger partial charge >= 0.3 is 0 Å². The molecule has 0 saturated heterocycles.